The molecule has 0 saturated carbocycles. The number of fused-ring (bicyclic) bond motifs is 1. The Bertz CT molecular complexity index is 480. The molecule has 6 heteroatoms. The first-order valence-corrected chi connectivity index (χ1v) is 4.20. The van der Waals surface area contributed by atoms with Crippen LogP contribution < -0.4 is 0 Å². The monoisotopic (exact) mass is 241 g/mol. The maximum absolute atomic E-state index is 10.6. The van der Waals surface area contributed by atoms with E-state index in [0.717, 1.165) is 0 Å². The Morgan fingerprint density at radius 1 is 1.62 bits per heavy atom. The molecule has 0 radical (unpaired) electrons. The van der Waals surface area contributed by atoms with Gasteiger partial charge < -0.3 is 5.11 Å². The Morgan fingerprint density at radius 2 is 2.38 bits per heavy atom. The molecule has 0 fully saturated rings. The number of rotatable bonds is 1. The van der Waals surface area contributed by atoms with Crippen LogP contribution in [0.5, 0.6) is 0 Å². The molecule has 0 unspecified atom stereocenters. The summed E-state index contributed by atoms with van der Waals surface area (Å²) in [7, 11) is 0. The van der Waals surface area contributed by atoms with Gasteiger partial charge in [-0.25, -0.2) is 4.79 Å². The molecule has 0 amide bonds. The number of hydrogen-bond donors (Lipinski definition) is 2. The smallest absolute Gasteiger partial charge is 0.337 e. The summed E-state index contributed by atoms with van der Waals surface area (Å²) in [6, 6.07) is 1.49. The number of H-pyrrole nitrogens is 1. The maximum atomic E-state index is 10.6. The van der Waals surface area contributed by atoms with Gasteiger partial charge in [0, 0.05) is 6.20 Å². The van der Waals surface area contributed by atoms with Gasteiger partial charge in [0.1, 0.15) is 5.52 Å². The van der Waals surface area contributed by atoms with E-state index in [1.807, 2.05) is 0 Å². The minimum atomic E-state index is -1.000. The Balaban J connectivity index is 2.70. The zero-order chi connectivity index (χ0) is 9.42. The van der Waals surface area contributed by atoms with E-state index in [0.29, 0.717) is 15.6 Å². The first kappa shape index (κ1) is 8.18. The van der Waals surface area contributed by atoms with E-state index in [1.54, 1.807) is 0 Å². The summed E-state index contributed by atoms with van der Waals surface area (Å²) in [6.07, 6.45) is 1.30. The van der Waals surface area contributed by atoms with E-state index in [9.17, 15) is 4.79 Å². The number of nitrogens with zero attached hydrogens (tertiary/aromatic N) is 2. The normalized spacial score (nSPS) is 10.5. The number of carbonyl (C=O) groups is 1. The lowest BCUT2D eigenvalue weighted by molar-refractivity contribution is 0.0696. The first-order chi connectivity index (χ1) is 6.18. The van der Waals surface area contributed by atoms with Crippen LogP contribution in [0.1, 0.15) is 10.4 Å². The minimum Gasteiger partial charge on any atom is -0.478 e. The molecule has 0 saturated heterocycles. The Labute approximate surface area is 80.9 Å². The zero-order valence-corrected chi connectivity index (χ0v) is 7.87. The second-order valence-electron chi connectivity index (χ2n) is 2.44. The quantitative estimate of drug-likeness (QED) is 0.792. The van der Waals surface area contributed by atoms with Gasteiger partial charge in [0.25, 0.3) is 0 Å². The Kier molecular flexibility index (Phi) is 1.77. The van der Waals surface area contributed by atoms with Crippen LogP contribution in [-0.2, 0) is 0 Å². The predicted octanol–water partition coefficient (Wildman–Crippen LogP) is 1.42. The summed E-state index contributed by atoms with van der Waals surface area (Å²) in [5.41, 5.74) is 1.38. The Morgan fingerprint density at radius 3 is 3.08 bits per heavy atom. The second-order valence-corrected chi connectivity index (χ2v) is 3.19. The third-order valence-corrected chi connectivity index (χ3v) is 2.16. The summed E-state index contributed by atoms with van der Waals surface area (Å²) in [5.74, 6) is -1.000. The van der Waals surface area contributed by atoms with Crippen LogP contribution in [0.15, 0.2) is 16.9 Å². The molecule has 2 rings (SSSR count). The third-order valence-electron chi connectivity index (χ3n) is 1.60. The first-order valence-electron chi connectivity index (χ1n) is 3.41. The molecule has 0 aromatic carbocycles. The molecular weight excluding hydrogens is 238 g/mol. The maximum Gasteiger partial charge on any atom is 0.337 e. The van der Waals surface area contributed by atoms with Crippen molar-refractivity contribution in [3.63, 3.8) is 0 Å². The lowest BCUT2D eigenvalue weighted by atomic mass is 10.2. The van der Waals surface area contributed by atoms with E-state index in [4.69, 9.17) is 5.11 Å². The number of hydrogen-bond acceptors (Lipinski definition) is 3. The lowest BCUT2D eigenvalue weighted by Crippen LogP contribution is -1.96. The van der Waals surface area contributed by atoms with Gasteiger partial charge in [0.2, 0.25) is 0 Å². The molecule has 0 aliphatic carbocycles. The largest absolute Gasteiger partial charge is 0.478 e. The molecule has 0 spiro atoms. The van der Waals surface area contributed by atoms with Gasteiger partial charge in [-0.15, -0.1) is 0 Å². The molecule has 0 atom stereocenters. The molecule has 0 bridgehead atoms. The highest BCUT2D eigenvalue weighted by Crippen LogP contribution is 2.18. The second kappa shape index (κ2) is 2.81. The van der Waals surface area contributed by atoms with E-state index in [1.165, 1.54) is 12.3 Å². The highest BCUT2D eigenvalue weighted by Gasteiger charge is 2.08. The van der Waals surface area contributed by atoms with E-state index >= 15 is 0 Å². The van der Waals surface area contributed by atoms with Crippen LogP contribution in [0.3, 0.4) is 0 Å². The third kappa shape index (κ3) is 1.29. The van der Waals surface area contributed by atoms with Gasteiger partial charge in [0.15, 0.2) is 4.60 Å². The number of pyridine rings is 1. The van der Waals surface area contributed by atoms with Crippen LogP contribution >= 0.6 is 15.9 Å². The van der Waals surface area contributed by atoms with Gasteiger partial charge in [-0.1, -0.05) is 0 Å². The van der Waals surface area contributed by atoms with E-state index < -0.39 is 5.97 Å². The van der Waals surface area contributed by atoms with Crippen molar-refractivity contribution in [2.24, 2.45) is 0 Å². The lowest BCUT2D eigenvalue weighted by Gasteiger charge is -1.92. The molecule has 2 aromatic heterocycles. The number of aromatic amines is 1. The van der Waals surface area contributed by atoms with Crippen molar-refractivity contribution in [1.82, 2.24) is 15.2 Å². The average Bonchev–Trinajstić information content (AvgIpc) is 2.47. The number of carboxylic acids is 1. The number of aromatic carboxylic acids is 1. The molecule has 2 N–H and O–H groups in total. The van der Waals surface area contributed by atoms with E-state index in [-0.39, 0.29) is 5.56 Å². The molecule has 13 heavy (non-hydrogen) atoms. The van der Waals surface area contributed by atoms with Crippen molar-refractivity contribution >= 4 is 32.9 Å². The number of nitrogens with one attached hydrogen (secondary N) is 1. The Hall–Kier alpha value is -1.43. The highest BCUT2D eigenvalue weighted by atomic mass is 79.9. The van der Waals surface area contributed by atoms with Crippen LogP contribution in [0, 0.1) is 0 Å². The molecule has 2 aromatic rings. The van der Waals surface area contributed by atoms with Gasteiger partial charge in [-0.3, -0.25) is 10.1 Å². The van der Waals surface area contributed by atoms with Crippen molar-refractivity contribution in [2.75, 3.05) is 0 Å². The topological polar surface area (TPSA) is 78.9 Å². The van der Waals surface area contributed by atoms with Crippen molar-refractivity contribution < 1.29 is 9.90 Å². The minimum absolute atomic E-state index is 0.142. The van der Waals surface area contributed by atoms with Crippen LogP contribution in [0.2, 0.25) is 0 Å². The fraction of sp³-hybridized carbons (Fsp3) is 0. The zero-order valence-electron chi connectivity index (χ0n) is 6.28. The van der Waals surface area contributed by atoms with Gasteiger partial charge in [-0.05, 0) is 22.0 Å². The summed E-state index contributed by atoms with van der Waals surface area (Å²) in [4.78, 5) is 14.5. The molecule has 0 aliphatic rings. The van der Waals surface area contributed by atoms with Crippen molar-refractivity contribution in [3.05, 3.63) is 22.4 Å². The fourth-order valence-corrected chi connectivity index (χ4v) is 1.40. The van der Waals surface area contributed by atoms with Crippen molar-refractivity contribution in [1.29, 1.82) is 0 Å². The number of halogens is 1. The number of carboxylic acid groups (broad SMARTS) is 1. The van der Waals surface area contributed by atoms with Gasteiger partial charge in [-0.2, -0.15) is 5.10 Å². The predicted molar refractivity (Wildman–Crippen MR) is 48.5 cm³/mol. The highest BCUT2D eigenvalue weighted by molar-refractivity contribution is 9.10. The van der Waals surface area contributed by atoms with Crippen LogP contribution in [0.4, 0.5) is 0 Å². The number of aromatic nitrogens is 3. The molecule has 66 valence electrons. The summed E-state index contributed by atoms with van der Waals surface area (Å²) >= 11 is 3.18. The SMILES string of the molecule is O=C(O)c1cnc2c(Br)n[nH]c2c1. The average molecular weight is 242 g/mol. The van der Waals surface area contributed by atoms with Crippen molar-refractivity contribution in [3.8, 4) is 0 Å². The molecule has 2 heterocycles. The van der Waals surface area contributed by atoms with Crippen molar-refractivity contribution in [2.45, 2.75) is 0 Å². The van der Waals surface area contributed by atoms with Crippen LogP contribution in [-0.4, -0.2) is 26.3 Å². The van der Waals surface area contributed by atoms with Crippen LogP contribution in [0.25, 0.3) is 11.0 Å². The fourth-order valence-electron chi connectivity index (χ4n) is 0.994. The molecule has 0 aliphatic heterocycles. The molecule has 5 nitrogen and oxygen atoms in total. The summed E-state index contributed by atoms with van der Waals surface area (Å²) in [5, 5.41) is 15.2. The van der Waals surface area contributed by atoms with Gasteiger partial charge in [0.05, 0.1) is 11.1 Å². The molecular formula is C7H4BrN3O2. The summed E-state index contributed by atoms with van der Waals surface area (Å²) in [6.45, 7) is 0. The van der Waals surface area contributed by atoms with Gasteiger partial charge >= 0.3 is 5.97 Å². The standard InChI is InChI=1S/C7H4BrN3O2/c8-6-5-4(10-11-6)1-3(2-9-5)7(12)13/h1-2H,(H,10,11)(H,12,13). The summed E-state index contributed by atoms with van der Waals surface area (Å²) < 4.78 is 0.583. The van der Waals surface area contributed by atoms with E-state index in [2.05, 4.69) is 31.1 Å².